The highest BCUT2D eigenvalue weighted by molar-refractivity contribution is 5.97. The summed E-state index contributed by atoms with van der Waals surface area (Å²) < 4.78 is 9.28. The molecule has 0 fully saturated rings. The molecule has 0 aliphatic rings. The van der Waals surface area contributed by atoms with E-state index in [1.54, 1.807) is 19.1 Å². The highest BCUT2D eigenvalue weighted by Gasteiger charge is 2.30. The molecule has 136 valence electrons. The number of hydrogen-bond acceptors (Lipinski definition) is 6. The van der Waals surface area contributed by atoms with Crippen molar-refractivity contribution in [2.24, 2.45) is 5.92 Å². The van der Waals surface area contributed by atoms with Crippen molar-refractivity contribution in [2.75, 3.05) is 19.5 Å². The Balaban J connectivity index is 2.85. The van der Waals surface area contributed by atoms with Crippen LogP contribution >= 0.6 is 0 Å². The number of anilines is 1. The minimum atomic E-state index is -0.994. The third-order valence-electron chi connectivity index (χ3n) is 3.49. The molecule has 0 bridgehead atoms. The Bertz CT molecular complexity index is 641. The standard InChI is InChI=1S/C17H22N2O6/c1-10(9-14(21)24-3)15(17(23)25-4)19-16(22)12-5-7-13(8-6-12)18-11(2)20/h5-8,10,15H,9H2,1-4H3,(H,18,20)(H,19,22)/t10-,15-/m1/s1. The molecule has 1 rings (SSSR count). The van der Waals surface area contributed by atoms with Gasteiger partial charge in [-0.3, -0.25) is 14.4 Å². The van der Waals surface area contributed by atoms with E-state index in [1.807, 2.05) is 0 Å². The van der Waals surface area contributed by atoms with Gasteiger partial charge in [-0.05, 0) is 30.2 Å². The minimum absolute atomic E-state index is 0.0436. The molecule has 8 heteroatoms. The van der Waals surface area contributed by atoms with E-state index in [0.717, 1.165) is 0 Å². The SMILES string of the molecule is COC(=O)C[C@@H](C)[C@@H](NC(=O)c1ccc(NC(C)=O)cc1)C(=O)OC. The summed E-state index contributed by atoms with van der Waals surface area (Å²) in [5, 5.41) is 5.15. The van der Waals surface area contributed by atoms with Gasteiger partial charge in [-0.1, -0.05) is 6.92 Å². The molecule has 1 aromatic rings. The lowest BCUT2D eigenvalue weighted by Crippen LogP contribution is -2.46. The Morgan fingerprint density at radius 1 is 1.04 bits per heavy atom. The van der Waals surface area contributed by atoms with Crippen LogP contribution in [0.15, 0.2) is 24.3 Å². The first-order valence-corrected chi connectivity index (χ1v) is 7.61. The molecule has 0 spiro atoms. The van der Waals surface area contributed by atoms with Crippen LogP contribution in [-0.4, -0.2) is 44.0 Å². The normalized spacial score (nSPS) is 12.5. The molecule has 25 heavy (non-hydrogen) atoms. The summed E-state index contributed by atoms with van der Waals surface area (Å²) in [6, 6.07) is 5.18. The van der Waals surface area contributed by atoms with Crippen molar-refractivity contribution < 1.29 is 28.7 Å². The number of ether oxygens (including phenoxy) is 2. The summed E-state index contributed by atoms with van der Waals surface area (Å²) in [7, 11) is 2.45. The van der Waals surface area contributed by atoms with Gasteiger partial charge in [0.1, 0.15) is 6.04 Å². The summed E-state index contributed by atoms with van der Waals surface area (Å²) >= 11 is 0. The Labute approximate surface area is 145 Å². The maximum atomic E-state index is 12.3. The van der Waals surface area contributed by atoms with Crippen LogP contribution in [0.2, 0.25) is 0 Å². The number of hydrogen-bond donors (Lipinski definition) is 2. The first-order chi connectivity index (χ1) is 11.8. The summed E-state index contributed by atoms with van der Waals surface area (Å²) in [5.41, 5.74) is 0.848. The molecule has 2 atom stereocenters. The molecule has 0 aliphatic heterocycles. The quantitative estimate of drug-likeness (QED) is 0.713. The third kappa shape index (κ3) is 6.25. The Kier molecular flexibility index (Phi) is 7.58. The van der Waals surface area contributed by atoms with E-state index in [2.05, 4.69) is 15.4 Å². The molecule has 0 radical (unpaired) electrons. The third-order valence-corrected chi connectivity index (χ3v) is 3.49. The maximum Gasteiger partial charge on any atom is 0.328 e. The van der Waals surface area contributed by atoms with Crippen LogP contribution < -0.4 is 10.6 Å². The predicted molar refractivity (Wildman–Crippen MR) is 89.8 cm³/mol. The maximum absolute atomic E-state index is 12.3. The van der Waals surface area contributed by atoms with Gasteiger partial charge in [0, 0.05) is 18.2 Å². The molecule has 0 aromatic heterocycles. The smallest absolute Gasteiger partial charge is 0.328 e. The molecule has 0 saturated heterocycles. The van der Waals surface area contributed by atoms with Gasteiger partial charge in [0.15, 0.2) is 0 Å². The van der Waals surface area contributed by atoms with Crippen LogP contribution in [0.25, 0.3) is 0 Å². The van der Waals surface area contributed by atoms with Crippen LogP contribution in [0.1, 0.15) is 30.6 Å². The first-order valence-electron chi connectivity index (χ1n) is 7.61. The zero-order valence-electron chi connectivity index (χ0n) is 14.6. The Morgan fingerprint density at radius 2 is 1.64 bits per heavy atom. The number of methoxy groups -OCH3 is 2. The summed E-state index contributed by atoms with van der Waals surface area (Å²) in [4.78, 5) is 46.7. The zero-order valence-corrected chi connectivity index (χ0v) is 14.6. The minimum Gasteiger partial charge on any atom is -0.469 e. The largest absolute Gasteiger partial charge is 0.469 e. The Morgan fingerprint density at radius 3 is 2.12 bits per heavy atom. The number of carbonyl (C=O) groups excluding carboxylic acids is 4. The molecule has 1 aromatic carbocycles. The van der Waals surface area contributed by atoms with Crippen molar-refractivity contribution in [3.05, 3.63) is 29.8 Å². The van der Waals surface area contributed by atoms with E-state index in [4.69, 9.17) is 4.74 Å². The fraction of sp³-hybridized carbons (Fsp3) is 0.412. The summed E-state index contributed by atoms with van der Waals surface area (Å²) in [6.45, 7) is 3.02. The van der Waals surface area contributed by atoms with Gasteiger partial charge in [0.05, 0.1) is 20.6 Å². The van der Waals surface area contributed by atoms with Crippen LogP contribution in [-0.2, 0) is 23.9 Å². The second kappa shape index (κ2) is 9.41. The van der Waals surface area contributed by atoms with Gasteiger partial charge < -0.3 is 20.1 Å². The van der Waals surface area contributed by atoms with Crippen LogP contribution in [0, 0.1) is 5.92 Å². The van der Waals surface area contributed by atoms with Crippen molar-refractivity contribution in [1.29, 1.82) is 0 Å². The fourth-order valence-electron chi connectivity index (χ4n) is 2.16. The van der Waals surface area contributed by atoms with Gasteiger partial charge in [0.25, 0.3) is 5.91 Å². The van der Waals surface area contributed by atoms with Crippen molar-refractivity contribution in [3.8, 4) is 0 Å². The lowest BCUT2D eigenvalue weighted by molar-refractivity contribution is -0.146. The van der Waals surface area contributed by atoms with Gasteiger partial charge in [-0.25, -0.2) is 4.79 Å². The Hall–Kier alpha value is -2.90. The van der Waals surface area contributed by atoms with Gasteiger partial charge >= 0.3 is 11.9 Å². The van der Waals surface area contributed by atoms with Crippen LogP contribution in [0.4, 0.5) is 5.69 Å². The molecule has 0 heterocycles. The average molecular weight is 350 g/mol. The van der Waals surface area contributed by atoms with E-state index in [-0.39, 0.29) is 12.3 Å². The number of benzene rings is 1. The van der Waals surface area contributed by atoms with Crippen molar-refractivity contribution in [1.82, 2.24) is 5.32 Å². The van der Waals surface area contributed by atoms with Gasteiger partial charge in [-0.15, -0.1) is 0 Å². The van der Waals surface area contributed by atoms with Crippen LogP contribution in [0.3, 0.4) is 0 Å². The molecule has 8 nitrogen and oxygen atoms in total. The molecule has 0 unspecified atom stereocenters. The second-order valence-corrected chi connectivity index (χ2v) is 5.49. The highest BCUT2D eigenvalue weighted by Crippen LogP contribution is 2.14. The summed E-state index contributed by atoms with van der Waals surface area (Å²) in [5.74, 6) is -2.38. The van der Waals surface area contributed by atoms with E-state index in [0.29, 0.717) is 11.3 Å². The van der Waals surface area contributed by atoms with E-state index in [9.17, 15) is 19.2 Å². The number of nitrogens with one attached hydrogen (secondary N) is 2. The second-order valence-electron chi connectivity index (χ2n) is 5.49. The fourth-order valence-corrected chi connectivity index (χ4v) is 2.16. The first kappa shape index (κ1) is 20.1. The van der Waals surface area contributed by atoms with Crippen molar-refractivity contribution in [2.45, 2.75) is 26.3 Å². The average Bonchev–Trinajstić information content (AvgIpc) is 2.58. The number of rotatable bonds is 7. The lowest BCUT2D eigenvalue weighted by atomic mass is 9.97. The molecule has 2 N–H and O–H groups in total. The van der Waals surface area contributed by atoms with Gasteiger partial charge in [0.2, 0.25) is 5.91 Å². The van der Waals surface area contributed by atoms with Crippen molar-refractivity contribution >= 4 is 29.4 Å². The zero-order chi connectivity index (χ0) is 19.0. The van der Waals surface area contributed by atoms with E-state index < -0.39 is 29.8 Å². The predicted octanol–water partition coefficient (Wildman–Crippen LogP) is 1.12. The number of esters is 2. The van der Waals surface area contributed by atoms with Gasteiger partial charge in [-0.2, -0.15) is 0 Å². The molecule has 2 amide bonds. The van der Waals surface area contributed by atoms with Crippen molar-refractivity contribution in [3.63, 3.8) is 0 Å². The highest BCUT2D eigenvalue weighted by atomic mass is 16.5. The molecule has 0 saturated carbocycles. The molecular weight excluding hydrogens is 328 g/mol. The molecular formula is C17H22N2O6. The summed E-state index contributed by atoms with van der Waals surface area (Å²) in [6.07, 6.45) is -0.0436. The van der Waals surface area contributed by atoms with E-state index >= 15 is 0 Å². The monoisotopic (exact) mass is 350 g/mol. The van der Waals surface area contributed by atoms with E-state index in [1.165, 1.54) is 33.3 Å². The number of carbonyl (C=O) groups is 4. The molecule has 0 aliphatic carbocycles. The van der Waals surface area contributed by atoms with Crippen LogP contribution in [0.5, 0.6) is 0 Å². The number of amides is 2. The topological polar surface area (TPSA) is 111 Å². The lowest BCUT2D eigenvalue weighted by Gasteiger charge is -2.22.